The van der Waals surface area contributed by atoms with Crippen molar-refractivity contribution in [2.75, 3.05) is 0 Å². The molecule has 0 saturated heterocycles. The van der Waals surface area contributed by atoms with Crippen LogP contribution in [0.1, 0.15) is 49.3 Å². The molecule has 1 nitrogen and oxygen atoms in total. The van der Waals surface area contributed by atoms with E-state index < -0.39 is 17.3 Å². The van der Waals surface area contributed by atoms with E-state index in [1.807, 2.05) is 17.3 Å². The van der Waals surface area contributed by atoms with Gasteiger partial charge in [-0.05, 0) is 73.6 Å². The number of hydrogen-bond acceptors (Lipinski definition) is 2. The molecule has 2 aromatic rings. The lowest BCUT2D eigenvalue weighted by molar-refractivity contribution is 0.416. The molecule has 26 heavy (non-hydrogen) atoms. The molecule has 0 amide bonds. The van der Waals surface area contributed by atoms with Crippen LogP contribution >= 0.6 is 12.2 Å². The molecule has 0 spiro atoms. The van der Waals surface area contributed by atoms with Crippen molar-refractivity contribution in [3.63, 3.8) is 0 Å². The van der Waals surface area contributed by atoms with Crippen LogP contribution in [0.3, 0.4) is 0 Å². The Balaban J connectivity index is 1.75. The Morgan fingerprint density at radius 3 is 2.12 bits per heavy atom. The average Bonchev–Trinajstić information content (AvgIpc) is 2.64. The molecule has 1 fully saturated rings. The summed E-state index contributed by atoms with van der Waals surface area (Å²) in [7, 11) is 0. The number of nitrogens with zero attached hydrogens (tertiary/aromatic N) is 1. The summed E-state index contributed by atoms with van der Waals surface area (Å²) in [5.74, 6) is 6.45. The fourth-order valence-electron chi connectivity index (χ4n) is 3.12. The van der Waals surface area contributed by atoms with Gasteiger partial charge in [-0.2, -0.15) is 4.99 Å². The van der Waals surface area contributed by atoms with Crippen LogP contribution in [0, 0.1) is 35.3 Å². The molecular formula is C22H18F2NS. The first-order chi connectivity index (χ1) is 12.6. The highest BCUT2D eigenvalue weighted by Crippen LogP contribution is 2.34. The van der Waals surface area contributed by atoms with E-state index in [1.54, 1.807) is 0 Å². The number of isothiocyanates is 1. The van der Waals surface area contributed by atoms with Gasteiger partial charge < -0.3 is 0 Å². The van der Waals surface area contributed by atoms with Gasteiger partial charge in [-0.25, -0.2) is 8.78 Å². The van der Waals surface area contributed by atoms with Crippen LogP contribution in [0.2, 0.25) is 0 Å². The summed E-state index contributed by atoms with van der Waals surface area (Å²) in [5.41, 5.74) is 1.89. The second-order valence-corrected chi connectivity index (χ2v) is 6.79. The first kappa shape index (κ1) is 18.5. The van der Waals surface area contributed by atoms with E-state index >= 15 is 0 Å². The standard InChI is InChI=1S/C22H18F2NS/c1-15-2-8-18(9-3-15)19-10-6-16(7-11-19)4-5-17-12-20(23)22(25-14-26)21(24)13-17/h6-7,10-13,15H,2-3,8-9H2,1H3. The molecular weight excluding hydrogens is 348 g/mol. The van der Waals surface area contributed by atoms with Gasteiger partial charge in [0.1, 0.15) is 5.69 Å². The summed E-state index contributed by atoms with van der Waals surface area (Å²) in [6, 6.07) is 10.3. The molecule has 1 aliphatic carbocycles. The lowest BCUT2D eigenvalue weighted by atomic mass is 9.79. The van der Waals surface area contributed by atoms with Crippen LogP contribution < -0.4 is 0 Å². The maximum Gasteiger partial charge on any atom is 0.153 e. The third-order valence-electron chi connectivity index (χ3n) is 4.70. The maximum atomic E-state index is 13.8. The largest absolute Gasteiger partial charge is 0.204 e. The topological polar surface area (TPSA) is 12.4 Å². The van der Waals surface area contributed by atoms with E-state index in [4.69, 9.17) is 0 Å². The number of thiocarbonyl (C=S) groups is 1. The van der Waals surface area contributed by atoms with Gasteiger partial charge in [0.05, 0.1) is 5.16 Å². The highest BCUT2D eigenvalue weighted by atomic mass is 32.1. The molecule has 4 heteroatoms. The van der Waals surface area contributed by atoms with Gasteiger partial charge >= 0.3 is 0 Å². The first-order valence-electron chi connectivity index (χ1n) is 8.61. The van der Waals surface area contributed by atoms with E-state index in [1.165, 1.54) is 24.3 Å². The molecule has 3 rings (SSSR count). The van der Waals surface area contributed by atoms with Crippen molar-refractivity contribution in [2.24, 2.45) is 10.9 Å². The Labute approximate surface area is 158 Å². The van der Waals surface area contributed by atoms with Crippen molar-refractivity contribution >= 4 is 23.1 Å². The lowest BCUT2D eigenvalue weighted by Gasteiger charge is -2.25. The highest BCUT2D eigenvalue weighted by Gasteiger charge is 2.19. The molecule has 0 unspecified atom stereocenters. The monoisotopic (exact) mass is 366 g/mol. The molecule has 1 aliphatic rings. The predicted molar refractivity (Wildman–Crippen MR) is 103 cm³/mol. The zero-order chi connectivity index (χ0) is 18.5. The second-order valence-electron chi connectivity index (χ2n) is 6.61. The van der Waals surface area contributed by atoms with Crippen molar-refractivity contribution in [1.82, 2.24) is 0 Å². The van der Waals surface area contributed by atoms with Crippen LogP contribution in [0.25, 0.3) is 0 Å². The van der Waals surface area contributed by atoms with E-state index in [9.17, 15) is 8.78 Å². The fraction of sp³-hybridized carbons (Fsp3) is 0.273. The lowest BCUT2D eigenvalue weighted by Crippen LogP contribution is -2.11. The second kappa shape index (κ2) is 8.36. The predicted octanol–water partition coefficient (Wildman–Crippen LogP) is 6.23. The smallest absolute Gasteiger partial charge is 0.153 e. The zero-order valence-electron chi connectivity index (χ0n) is 14.5. The molecule has 2 aromatic carbocycles. The van der Waals surface area contributed by atoms with Gasteiger partial charge in [0, 0.05) is 17.0 Å². The van der Waals surface area contributed by atoms with Crippen molar-refractivity contribution < 1.29 is 8.78 Å². The zero-order valence-corrected chi connectivity index (χ0v) is 15.3. The Hall–Kier alpha value is -2.34. The minimum atomic E-state index is -0.801. The average molecular weight is 366 g/mol. The minimum Gasteiger partial charge on any atom is -0.204 e. The molecule has 131 valence electrons. The van der Waals surface area contributed by atoms with Crippen LogP contribution in [-0.2, 0) is 0 Å². The van der Waals surface area contributed by atoms with Gasteiger partial charge in [0.15, 0.2) is 11.6 Å². The molecule has 0 aliphatic heterocycles. The number of aliphatic imine (C=N–C) groups is 1. The summed E-state index contributed by atoms with van der Waals surface area (Å²) < 4.78 is 27.6. The molecule has 0 heterocycles. The quantitative estimate of drug-likeness (QED) is 0.348. The van der Waals surface area contributed by atoms with Crippen LogP contribution in [0.4, 0.5) is 14.5 Å². The van der Waals surface area contributed by atoms with Crippen molar-refractivity contribution in [3.8, 4) is 11.8 Å². The van der Waals surface area contributed by atoms with E-state index in [0.29, 0.717) is 0 Å². The first-order valence-corrected chi connectivity index (χ1v) is 9.01. The van der Waals surface area contributed by atoms with Crippen molar-refractivity contribution in [2.45, 2.75) is 32.6 Å². The van der Waals surface area contributed by atoms with Crippen molar-refractivity contribution in [3.05, 3.63) is 70.6 Å². The Morgan fingerprint density at radius 1 is 0.962 bits per heavy atom. The molecule has 0 atom stereocenters. The van der Waals surface area contributed by atoms with Gasteiger partial charge in [0.25, 0.3) is 0 Å². The van der Waals surface area contributed by atoms with Crippen LogP contribution in [0.15, 0.2) is 41.4 Å². The minimum absolute atomic E-state index is 0.253. The van der Waals surface area contributed by atoms with Crippen LogP contribution in [-0.4, -0.2) is 5.16 Å². The van der Waals surface area contributed by atoms with E-state index in [-0.39, 0.29) is 5.56 Å². The van der Waals surface area contributed by atoms with E-state index in [2.05, 4.69) is 48.1 Å². The van der Waals surface area contributed by atoms with Crippen molar-refractivity contribution in [1.29, 1.82) is 0 Å². The maximum absolute atomic E-state index is 13.8. The number of hydrogen-bond donors (Lipinski definition) is 0. The highest BCUT2D eigenvalue weighted by molar-refractivity contribution is 7.78. The Kier molecular flexibility index (Phi) is 5.93. The summed E-state index contributed by atoms with van der Waals surface area (Å²) >= 11 is 4.38. The van der Waals surface area contributed by atoms with Gasteiger partial charge in [0.2, 0.25) is 0 Å². The molecule has 0 aromatic heterocycles. The van der Waals surface area contributed by atoms with Crippen LogP contribution in [0.5, 0.6) is 0 Å². The summed E-state index contributed by atoms with van der Waals surface area (Å²) in [6.07, 6.45) is 4.80. The van der Waals surface area contributed by atoms with Gasteiger partial charge in [-0.3, -0.25) is 0 Å². The third-order valence-corrected chi connectivity index (χ3v) is 4.79. The third kappa shape index (κ3) is 4.43. The number of rotatable bonds is 2. The molecule has 0 N–H and O–H groups in total. The van der Waals surface area contributed by atoms with Gasteiger partial charge in [-0.1, -0.05) is 30.9 Å². The number of benzene rings is 2. The normalized spacial score (nSPS) is 15.0. The Bertz CT molecular complexity index is 871. The summed E-state index contributed by atoms with van der Waals surface area (Å²) in [4.78, 5) is 3.39. The molecule has 1 saturated carbocycles. The molecule has 1 radical (unpaired) electrons. The SMILES string of the molecule is CC1CC[C](c2ccc(C#Cc3cc(F)c(N=C=S)c(F)c3)cc2)CC1. The van der Waals surface area contributed by atoms with E-state index in [0.717, 1.165) is 36.5 Å². The molecule has 0 bridgehead atoms. The fourth-order valence-corrected chi connectivity index (χ4v) is 3.21. The summed E-state index contributed by atoms with van der Waals surface area (Å²) in [6.45, 7) is 2.30. The summed E-state index contributed by atoms with van der Waals surface area (Å²) in [5, 5.41) is 1.97. The Morgan fingerprint density at radius 2 is 1.54 bits per heavy atom. The van der Waals surface area contributed by atoms with Gasteiger partial charge in [-0.15, -0.1) is 0 Å². The number of halogens is 2.